The third-order valence-electron chi connectivity index (χ3n) is 4.51. The maximum Gasteiger partial charge on any atom is 0.323 e. The minimum atomic E-state index is 0.0183. The van der Waals surface area contributed by atoms with Gasteiger partial charge in [-0.2, -0.15) is 0 Å². The molecule has 20 heavy (non-hydrogen) atoms. The molecule has 4 heteroatoms. The number of likely N-dealkylation sites (tertiary alicyclic amines) is 1. The Morgan fingerprint density at radius 3 is 2.75 bits per heavy atom. The lowest BCUT2D eigenvalue weighted by Crippen LogP contribution is -2.48. The SMILES string of the molecule is CC(C)CCCOC(=O)C1CCCN1C1CCNCC1. The third-order valence-corrected chi connectivity index (χ3v) is 4.51. The maximum absolute atomic E-state index is 12.3. The molecule has 0 amide bonds. The summed E-state index contributed by atoms with van der Waals surface area (Å²) in [6, 6.07) is 0.601. The molecular weight excluding hydrogens is 252 g/mol. The maximum atomic E-state index is 12.3. The molecule has 1 N–H and O–H groups in total. The summed E-state index contributed by atoms with van der Waals surface area (Å²) in [5.41, 5.74) is 0. The van der Waals surface area contributed by atoms with Crippen molar-refractivity contribution in [2.24, 2.45) is 5.92 Å². The Labute approximate surface area is 123 Å². The highest BCUT2D eigenvalue weighted by Gasteiger charge is 2.36. The molecule has 0 aromatic heterocycles. The molecule has 4 nitrogen and oxygen atoms in total. The fourth-order valence-electron chi connectivity index (χ4n) is 3.38. The topological polar surface area (TPSA) is 41.6 Å². The summed E-state index contributed by atoms with van der Waals surface area (Å²) >= 11 is 0. The Balaban J connectivity index is 1.75. The molecule has 2 aliphatic heterocycles. The second kappa shape index (κ2) is 7.99. The Kier molecular flexibility index (Phi) is 6.30. The summed E-state index contributed by atoms with van der Waals surface area (Å²) in [4.78, 5) is 14.7. The highest BCUT2D eigenvalue weighted by atomic mass is 16.5. The van der Waals surface area contributed by atoms with Crippen LogP contribution in [0.25, 0.3) is 0 Å². The number of nitrogens with one attached hydrogen (secondary N) is 1. The van der Waals surface area contributed by atoms with Gasteiger partial charge in [0.25, 0.3) is 0 Å². The van der Waals surface area contributed by atoms with Crippen LogP contribution < -0.4 is 5.32 Å². The molecule has 2 heterocycles. The van der Waals surface area contributed by atoms with Crippen molar-refractivity contribution < 1.29 is 9.53 Å². The molecule has 2 fully saturated rings. The first-order valence-electron chi connectivity index (χ1n) is 8.31. The van der Waals surface area contributed by atoms with E-state index in [1.165, 1.54) is 0 Å². The number of hydrogen-bond acceptors (Lipinski definition) is 4. The van der Waals surface area contributed by atoms with Crippen LogP contribution in [-0.2, 0) is 9.53 Å². The summed E-state index contributed by atoms with van der Waals surface area (Å²) in [7, 11) is 0. The Morgan fingerprint density at radius 2 is 2.05 bits per heavy atom. The van der Waals surface area contributed by atoms with Gasteiger partial charge in [0.2, 0.25) is 0 Å². The molecule has 2 aliphatic rings. The molecule has 1 atom stereocenters. The second-order valence-corrected chi connectivity index (χ2v) is 6.58. The van der Waals surface area contributed by atoms with Crippen molar-refractivity contribution in [3.63, 3.8) is 0 Å². The van der Waals surface area contributed by atoms with Gasteiger partial charge in [-0.15, -0.1) is 0 Å². The lowest BCUT2D eigenvalue weighted by atomic mass is 10.0. The predicted octanol–water partition coefficient (Wildman–Crippen LogP) is 2.18. The Morgan fingerprint density at radius 1 is 1.30 bits per heavy atom. The van der Waals surface area contributed by atoms with Gasteiger partial charge in [-0.25, -0.2) is 0 Å². The van der Waals surface area contributed by atoms with E-state index in [9.17, 15) is 4.79 Å². The van der Waals surface area contributed by atoms with E-state index in [1.807, 2.05) is 0 Å². The monoisotopic (exact) mass is 282 g/mol. The lowest BCUT2D eigenvalue weighted by molar-refractivity contribution is -0.150. The number of carbonyl (C=O) groups is 1. The van der Waals surface area contributed by atoms with Crippen molar-refractivity contribution in [1.82, 2.24) is 10.2 Å². The van der Waals surface area contributed by atoms with Crippen molar-refractivity contribution in [3.8, 4) is 0 Å². The predicted molar refractivity (Wildman–Crippen MR) is 80.7 cm³/mol. The van der Waals surface area contributed by atoms with Crippen LogP contribution in [0.5, 0.6) is 0 Å². The van der Waals surface area contributed by atoms with Crippen LogP contribution in [0.15, 0.2) is 0 Å². The van der Waals surface area contributed by atoms with Gasteiger partial charge in [0.05, 0.1) is 6.61 Å². The highest BCUT2D eigenvalue weighted by molar-refractivity contribution is 5.76. The van der Waals surface area contributed by atoms with Crippen molar-refractivity contribution in [1.29, 1.82) is 0 Å². The van der Waals surface area contributed by atoms with Crippen molar-refractivity contribution in [2.45, 2.75) is 64.5 Å². The zero-order valence-corrected chi connectivity index (χ0v) is 13.1. The van der Waals surface area contributed by atoms with Crippen molar-refractivity contribution in [2.75, 3.05) is 26.2 Å². The van der Waals surface area contributed by atoms with Gasteiger partial charge in [0.15, 0.2) is 0 Å². The number of rotatable bonds is 6. The highest BCUT2D eigenvalue weighted by Crippen LogP contribution is 2.25. The largest absolute Gasteiger partial charge is 0.465 e. The first-order chi connectivity index (χ1) is 9.68. The molecule has 0 aromatic rings. The van der Waals surface area contributed by atoms with Gasteiger partial charge in [-0.05, 0) is 64.1 Å². The Bertz CT molecular complexity index is 301. The Hall–Kier alpha value is -0.610. The van der Waals surface area contributed by atoms with Gasteiger partial charge in [-0.1, -0.05) is 13.8 Å². The average molecular weight is 282 g/mol. The minimum Gasteiger partial charge on any atom is -0.465 e. The molecule has 0 radical (unpaired) electrons. The smallest absolute Gasteiger partial charge is 0.323 e. The van der Waals surface area contributed by atoms with E-state index in [2.05, 4.69) is 24.1 Å². The van der Waals surface area contributed by atoms with Gasteiger partial charge in [0.1, 0.15) is 6.04 Å². The quantitative estimate of drug-likeness (QED) is 0.599. The van der Waals surface area contributed by atoms with Gasteiger partial charge >= 0.3 is 5.97 Å². The molecule has 0 bridgehead atoms. The van der Waals surface area contributed by atoms with E-state index >= 15 is 0 Å². The van der Waals surface area contributed by atoms with Gasteiger partial charge in [-0.3, -0.25) is 9.69 Å². The van der Waals surface area contributed by atoms with Crippen LogP contribution in [0.1, 0.15) is 52.4 Å². The van der Waals surface area contributed by atoms with Gasteiger partial charge < -0.3 is 10.1 Å². The molecule has 0 aliphatic carbocycles. The number of esters is 1. The van der Waals surface area contributed by atoms with Crippen LogP contribution in [0, 0.1) is 5.92 Å². The van der Waals surface area contributed by atoms with Crippen molar-refractivity contribution in [3.05, 3.63) is 0 Å². The molecule has 0 spiro atoms. The normalized spacial score (nSPS) is 25.2. The summed E-state index contributed by atoms with van der Waals surface area (Å²) in [6.07, 6.45) is 6.57. The number of hydrogen-bond donors (Lipinski definition) is 1. The molecule has 0 saturated carbocycles. The first-order valence-corrected chi connectivity index (χ1v) is 8.31. The average Bonchev–Trinajstić information content (AvgIpc) is 2.93. The molecule has 0 aromatic carbocycles. The van der Waals surface area contributed by atoms with E-state index in [4.69, 9.17) is 4.74 Å². The minimum absolute atomic E-state index is 0.0183. The molecule has 2 saturated heterocycles. The zero-order chi connectivity index (χ0) is 14.4. The van der Waals surface area contributed by atoms with E-state index in [0.29, 0.717) is 18.6 Å². The molecule has 116 valence electrons. The number of carbonyl (C=O) groups excluding carboxylic acids is 1. The summed E-state index contributed by atoms with van der Waals surface area (Å²) < 4.78 is 5.50. The lowest BCUT2D eigenvalue weighted by Gasteiger charge is -2.34. The second-order valence-electron chi connectivity index (χ2n) is 6.58. The standard InChI is InChI=1S/C16H30N2O2/c1-13(2)5-4-12-20-16(19)15-6-3-11-18(15)14-7-9-17-10-8-14/h13-15,17H,3-12H2,1-2H3. The summed E-state index contributed by atoms with van der Waals surface area (Å²) in [5.74, 6) is 0.705. The van der Waals surface area contributed by atoms with E-state index in [1.54, 1.807) is 0 Å². The van der Waals surface area contributed by atoms with E-state index < -0.39 is 0 Å². The van der Waals surface area contributed by atoms with E-state index in [0.717, 1.165) is 58.2 Å². The number of ether oxygens (including phenoxy) is 1. The molecule has 2 rings (SSSR count). The van der Waals surface area contributed by atoms with Crippen LogP contribution in [0.2, 0.25) is 0 Å². The molecule has 1 unspecified atom stereocenters. The summed E-state index contributed by atoms with van der Waals surface area (Å²) in [5, 5.41) is 3.39. The zero-order valence-electron chi connectivity index (χ0n) is 13.1. The fraction of sp³-hybridized carbons (Fsp3) is 0.938. The first kappa shape index (κ1) is 15.8. The van der Waals surface area contributed by atoms with Crippen molar-refractivity contribution >= 4 is 5.97 Å². The van der Waals surface area contributed by atoms with Crippen LogP contribution in [0.4, 0.5) is 0 Å². The fourth-order valence-corrected chi connectivity index (χ4v) is 3.38. The number of nitrogens with zero attached hydrogens (tertiary/aromatic N) is 1. The third kappa shape index (κ3) is 4.45. The number of piperidine rings is 1. The summed E-state index contributed by atoms with van der Waals surface area (Å²) in [6.45, 7) is 8.23. The van der Waals surface area contributed by atoms with E-state index in [-0.39, 0.29) is 12.0 Å². The van der Waals surface area contributed by atoms with Crippen LogP contribution >= 0.6 is 0 Å². The molecular formula is C16H30N2O2. The van der Waals surface area contributed by atoms with Gasteiger partial charge in [0, 0.05) is 6.04 Å². The van der Waals surface area contributed by atoms with Crippen LogP contribution in [-0.4, -0.2) is 49.2 Å². The van der Waals surface area contributed by atoms with Crippen LogP contribution in [0.3, 0.4) is 0 Å².